The van der Waals surface area contributed by atoms with E-state index in [1.165, 1.54) is 64.2 Å². The van der Waals surface area contributed by atoms with Crippen LogP contribution in [0.4, 0.5) is 0 Å². The fraction of sp³-hybridized carbons (Fsp3) is 0.778. The Balaban J connectivity index is 1.35. The van der Waals surface area contributed by atoms with Crippen molar-refractivity contribution in [1.82, 2.24) is 10.9 Å². The molecule has 2 heteroatoms. The first kappa shape index (κ1) is 15.8. The topological polar surface area (TPSA) is 24.1 Å². The number of rotatable bonds is 9. The monoisotopic (exact) mass is 276 g/mol. The lowest BCUT2D eigenvalue weighted by Crippen LogP contribution is -2.33. The fourth-order valence-corrected chi connectivity index (χ4v) is 3.37. The van der Waals surface area contributed by atoms with Gasteiger partial charge in [0.15, 0.2) is 0 Å². The van der Waals surface area contributed by atoms with Crippen LogP contribution in [-0.4, -0.2) is 13.1 Å². The Labute approximate surface area is 125 Å². The lowest BCUT2D eigenvalue weighted by atomic mass is 9.90. The van der Waals surface area contributed by atoms with Gasteiger partial charge < -0.3 is 0 Å². The maximum absolute atomic E-state index is 3.38. The lowest BCUT2D eigenvalue weighted by molar-refractivity contribution is 0.395. The summed E-state index contributed by atoms with van der Waals surface area (Å²) in [5.41, 5.74) is 6.76. The van der Waals surface area contributed by atoms with Crippen molar-refractivity contribution in [2.75, 3.05) is 13.1 Å². The Hall–Kier alpha value is -0.600. The van der Waals surface area contributed by atoms with Gasteiger partial charge in [-0.15, -0.1) is 0 Å². The molecule has 0 spiro atoms. The van der Waals surface area contributed by atoms with E-state index in [9.17, 15) is 0 Å². The van der Waals surface area contributed by atoms with Crippen molar-refractivity contribution >= 4 is 0 Å². The van der Waals surface area contributed by atoms with Crippen LogP contribution in [0.1, 0.15) is 64.2 Å². The van der Waals surface area contributed by atoms with Crippen LogP contribution in [0, 0.1) is 11.8 Å². The standard InChI is InChI=1S/C18H32N2/c1-3-9-17(10-4-1)13-7-15-19-20-16-8-14-18-11-5-2-6-12-18/h1-3,5,17-20H,4,6-16H2. The maximum atomic E-state index is 3.38. The molecule has 2 nitrogen and oxygen atoms in total. The molecule has 2 atom stereocenters. The van der Waals surface area contributed by atoms with Gasteiger partial charge >= 0.3 is 0 Å². The molecule has 2 aliphatic carbocycles. The highest BCUT2D eigenvalue weighted by molar-refractivity contribution is 4.90. The predicted molar refractivity (Wildman–Crippen MR) is 87.4 cm³/mol. The van der Waals surface area contributed by atoms with Gasteiger partial charge in [-0.3, -0.25) is 10.9 Å². The van der Waals surface area contributed by atoms with Crippen LogP contribution in [-0.2, 0) is 0 Å². The third-order valence-corrected chi connectivity index (χ3v) is 4.71. The zero-order valence-corrected chi connectivity index (χ0v) is 12.9. The van der Waals surface area contributed by atoms with Gasteiger partial charge in [-0.05, 0) is 76.0 Å². The Kier molecular flexibility index (Phi) is 8.03. The normalized spacial score (nSPS) is 26.0. The molecule has 0 fully saturated rings. The summed E-state index contributed by atoms with van der Waals surface area (Å²) < 4.78 is 0. The summed E-state index contributed by atoms with van der Waals surface area (Å²) in [6, 6.07) is 0. The van der Waals surface area contributed by atoms with Crippen molar-refractivity contribution in [3.63, 3.8) is 0 Å². The van der Waals surface area contributed by atoms with E-state index in [4.69, 9.17) is 0 Å². The van der Waals surface area contributed by atoms with Crippen molar-refractivity contribution in [2.24, 2.45) is 11.8 Å². The summed E-state index contributed by atoms with van der Waals surface area (Å²) in [6.07, 6.45) is 22.8. The second kappa shape index (κ2) is 10.2. The molecule has 0 radical (unpaired) electrons. The highest BCUT2D eigenvalue weighted by Crippen LogP contribution is 2.23. The average molecular weight is 276 g/mol. The second-order valence-corrected chi connectivity index (χ2v) is 6.44. The van der Waals surface area contributed by atoms with Gasteiger partial charge in [0, 0.05) is 13.1 Å². The molecule has 0 aromatic rings. The summed E-state index contributed by atoms with van der Waals surface area (Å²) >= 11 is 0. The minimum atomic E-state index is 0.946. The first-order valence-electron chi connectivity index (χ1n) is 8.71. The number of hydrogen-bond acceptors (Lipinski definition) is 2. The highest BCUT2D eigenvalue weighted by Gasteiger charge is 2.09. The largest absolute Gasteiger partial charge is 0.258 e. The van der Waals surface area contributed by atoms with E-state index >= 15 is 0 Å². The zero-order valence-electron chi connectivity index (χ0n) is 12.9. The molecule has 0 bridgehead atoms. The van der Waals surface area contributed by atoms with E-state index in [2.05, 4.69) is 35.2 Å². The van der Waals surface area contributed by atoms with Crippen LogP contribution in [0.15, 0.2) is 24.3 Å². The van der Waals surface area contributed by atoms with Gasteiger partial charge in [0.1, 0.15) is 0 Å². The summed E-state index contributed by atoms with van der Waals surface area (Å²) in [5.74, 6) is 1.89. The fourth-order valence-electron chi connectivity index (χ4n) is 3.37. The molecular weight excluding hydrogens is 244 g/mol. The Morgan fingerprint density at radius 3 is 1.60 bits per heavy atom. The zero-order chi connectivity index (χ0) is 13.9. The molecule has 0 aliphatic heterocycles. The van der Waals surface area contributed by atoms with Crippen molar-refractivity contribution in [3.05, 3.63) is 24.3 Å². The third-order valence-electron chi connectivity index (χ3n) is 4.71. The van der Waals surface area contributed by atoms with E-state index < -0.39 is 0 Å². The third kappa shape index (κ3) is 6.71. The Bertz CT molecular complexity index is 266. The molecule has 2 aliphatic rings. The molecule has 0 amide bonds. The van der Waals surface area contributed by atoms with Crippen molar-refractivity contribution in [2.45, 2.75) is 64.2 Å². The SMILES string of the molecule is C1=CCC(CCCNNCCCC2CC=CCC2)CC1. The molecule has 2 N–H and O–H groups in total. The van der Waals surface area contributed by atoms with Gasteiger partial charge in [-0.1, -0.05) is 24.3 Å². The van der Waals surface area contributed by atoms with Crippen LogP contribution < -0.4 is 10.9 Å². The van der Waals surface area contributed by atoms with E-state index in [0.29, 0.717) is 0 Å². The average Bonchev–Trinajstić information content (AvgIpc) is 2.52. The van der Waals surface area contributed by atoms with Crippen LogP contribution in [0.3, 0.4) is 0 Å². The minimum absolute atomic E-state index is 0.946. The predicted octanol–water partition coefficient (Wildman–Crippen LogP) is 4.35. The van der Waals surface area contributed by atoms with Crippen molar-refractivity contribution < 1.29 is 0 Å². The van der Waals surface area contributed by atoms with Crippen LogP contribution in [0.25, 0.3) is 0 Å². The first-order chi connectivity index (χ1) is 9.95. The number of allylic oxidation sites excluding steroid dienone is 4. The van der Waals surface area contributed by atoms with E-state index in [0.717, 1.165) is 24.9 Å². The molecule has 0 saturated heterocycles. The molecule has 2 unspecified atom stereocenters. The molecule has 0 heterocycles. The minimum Gasteiger partial charge on any atom is -0.258 e. The number of hydrogen-bond donors (Lipinski definition) is 2. The quantitative estimate of drug-likeness (QED) is 0.371. The molecule has 0 aromatic heterocycles. The Morgan fingerprint density at radius 2 is 1.20 bits per heavy atom. The van der Waals surface area contributed by atoms with Crippen molar-refractivity contribution in [1.29, 1.82) is 0 Å². The van der Waals surface area contributed by atoms with Gasteiger partial charge in [-0.2, -0.15) is 0 Å². The van der Waals surface area contributed by atoms with E-state index in [-0.39, 0.29) is 0 Å². The Morgan fingerprint density at radius 1 is 0.700 bits per heavy atom. The van der Waals surface area contributed by atoms with E-state index in [1.807, 2.05) is 0 Å². The lowest BCUT2D eigenvalue weighted by Gasteiger charge is -2.18. The van der Waals surface area contributed by atoms with Gasteiger partial charge in [-0.25, -0.2) is 0 Å². The summed E-state index contributed by atoms with van der Waals surface area (Å²) in [5, 5.41) is 0. The second-order valence-electron chi connectivity index (χ2n) is 6.44. The molecule has 20 heavy (non-hydrogen) atoms. The van der Waals surface area contributed by atoms with Gasteiger partial charge in [0.05, 0.1) is 0 Å². The summed E-state index contributed by atoms with van der Waals surface area (Å²) in [6.45, 7) is 2.23. The van der Waals surface area contributed by atoms with Crippen LogP contribution >= 0.6 is 0 Å². The molecule has 2 rings (SSSR count). The number of nitrogens with one attached hydrogen (secondary N) is 2. The highest BCUT2D eigenvalue weighted by atomic mass is 15.3. The van der Waals surface area contributed by atoms with Crippen LogP contribution in [0.2, 0.25) is 0 Å². The van der Waals surface area contributed by atoms with Crippen molar-refractivity contribution in [3.8, 4) is 0 Å². The van der Waals surface area contributed by atoms with Gasteiger partial charge in [0.2, 0.25) is 0 Å². The first-order valence-corrected chi connectivity index (χ1v) is 8.71. The molecular formula is C18H32N2. The van der Waals surface area contributed by atoms with Crippen LogP contribution in [0.5, 0.6) is 0 Å². The summed E-state index contributed by atoms with van der Waals surface area (Å²) in [4.78, 5) is 0. The maximum Gasteiger partial charge on any atom is 0.00998 e. The van der Waals surface area contributed by atoms with E-state index in [1.54, 1.807) is 0 Å². The van der Waals surface area contributed by atoms with Gasteiger partial charge in [0.25, 0.3) is 0 Å². The summed E-state index contributed by atoms with van der Waals surface area (Å²) in [7, 11) is 0. The number of hydrazine groups is 1. The molecule has 0 saturated carbocycles. The smallest absolute Gasteiger partial charge is 0.00998 e. The molecule has 114 valence electrons. The molecule has 0 aromatic carbocycles.